The molecular weight excluding hydrogens is 331 g/mol. The van der Waals surface area contributed by atoms with Crippen molar-refractivity contribution in [3.8, 4) is 0 Å². The Morgan fingerprint density at radius 1 is 1.32 bits per heavy atom. The van der Waals surface area contributed by atoms with Crippen LogP contribution in [-0.2, 0) is 20.9 Å². The lowest BCUT2D eigenvalue weighted by Gasteiger charge is -2.29. The van der Waals surface area contributed by atoms with Crippen LogP contribution in [0.2, 0.25) is 0 Å². The Balaban J connectivity index is 2.60. The maximum Gasteiger partial charge on any atom is 0.406 e. The van der Waals surface area contributed by atoms with Gasteiger partial charge in [-0.25, -0.2) is 17.0 Å². The fraction of sp³-hybridized carbons (Fsp3) is 0.462. The third kappa shape index (κ3) is 2.89. The van der Waals surface area contributed by atoms with Crippen LogP contribution in [0.15, 0.2) is 29.2 Å². The Morgan fingerprint density at radius 2 is 1.95 bits per heavy atom. The van der Waals surface area contributed by atoms with Gasteiger partial charge in [0.25, 0.3) is 9.84 Å². The van der Waals surface area contributed by atoms with Gasteiger partial charge in [-0.05, 0) is 31.0 Å². The van der Waals surface area contributed by atoms with Gasteiger partial charge in [0.05, 0.1) is 4.90 Å². The highest BCUT2D eigenvalue weighted by atomic mass is 32.2. The Labute approximate surface area is 130 Å². The van der Waals surface area contributed by atoms with Crippen molar-refractivity contribution in [1.82, 2.24) is 0 Å². The van der Waals surface area contributed by atoms with Gasteiger partial charge in [0.1, 0.15) is 5.82 Å². The van der Waals surface area contributed by atoms with E-state index in [0.717, 1.165) is 24.6 Å². The highest BCUT2D eigenvalue weighted by Gasteiger charge is 2.55. The van der Waals surface area contributed by atoms with Crippen molar-refractivity contribution in [3.05, 3.63) is 35.6 Å². The summed E-state index contributed by atoms with van der Waals surface area (Å²) in [7, 11) is -4.37. The van der Waals surface area contributed by atoms with Crippen molar-refractivity contribution in [1.29, 1.82) is 0 Å². The number of hydrogen-bond donors (Lipinski definition) is 1. The minimum absolute atomic E-state index is 0.115. The summed E-state index contributed by atoms with van der Waals surface area (Å²) in [6.07, 6.45) is 2.12. The lowest BCUT2D eigenvalue weighted by molar-refractivity contribution is -0.00757. The van der Waals surface area contributed by atoms with Crippen LogP contribution in [0.4, 0.5) is 4.39 Å². The zero-order valence-electron chi connectivity index (χ0n) is 11.6. The van der Waals surface area contributed by atoms with Gasteiger partial charge in [-0.3, -0.25) is 0 Å². The summed E-state index contributed by atoms with van der Waals surface area (Å²) in [4.78, 5) is 2.43. The summed E-state index contributed by atoms with van der Waals surface area (Å²) < 4.78 is 58.3. The largest absolute Gasteiger partial charge is 0.406 e. The molecule has 1 atom stereocenters. The Kier molecular flexibility index (Phi) is 4.91. The van der Waals surface area contributed by atoms with Crippen molar-refractivity contribution in [2.75, 3.05) is 0 Å². The van der Waals surface area contributed by atoms with Crippen LogP contribution in [0, 0.1) is 5.82 Å². The molecule has 0 saturated heterocycles. The molecule has 0 heterocycles. The second kappa shape index (κ2) is 6.37. The zero-order valence-corrected chi connectivity index (χ0v) is 13.2. The van der Waals surface area contributed by atoms with Gasteiger partial charge in [0, 0.05) is 0 Å². The molecule has 1 aliphatic rings. The number of benzene rings is 1. The molecule has 0 bridgehead atoms. The van der Waals surface area contributed by atoms with Gasteiger partial charge in [-0.1, -0.05) is 25.3 Å². The minimum Gasteiger partial charge on any atom is -0.360 e. The van der Waals surface area contributed by atoms with E-state index in [9.17, 15) is 27.1 Å². The molecule has 6 nitrogen and oxygen atoms in total. The average molecular weight is 346 g/mol. The Bertz CT molecular complexity index is 751. The maximum atomic E-state index is 13.3. The van der Waals surface area contributed by atoms with E-state index in [1.54, 1.807) is 0 Å². The third-order valence-electron chi connectivity index (χ3n) is 3.84. The summed E-state index contributed by atoms with van der Waals surface area (Å²) in [6.45, 7) is 0. The molecule has 0 amide bonds. The predicted octanol–water partition coefficient (Wildman–Crippen LogP) is 2.15. The van der Waals surface area contributed by atoms with Crippen LogP contribution >= 0.6 is 0 Å². The average Bonchev–Trinajstić information content (AvgIpc) is 2.48. The number of hydrogen-bond acceptors (Lipinski definition) is 3. The van der Waals surface area contributed by atoms with Crippen LogP contribution in [0.25, 0.3) is 5.53 Å². The van der Waals surface area contributed by atoms with Gasteiger partial charge >= 0.3 is 5.04 Å². The SMILES string of the molecule is [N-]=[N+]=C(C1(S(=O)O)CCCCC1)S(=O)(=O)c1cccc(F)c1. The molecule has 1 aliphatic carbocycles. The van der Waals surface area contributed by atoms with E-state index >= 15 is 0 Å². The van der Waals surface area contributed by atoms with Gasteiger partial charge in [-0.2, -0.15) is 4.79 Å². The van der Waals surface area contributed by atoms with E-state index in [-0.39, 0.29) is 12.8 Å². The van der Waals surface area contributed by atoms with Crippen LogP contribution in [0.5, 0.6) is 0 Å². The van der Waals surface area contributed by atoms with Crippen molar-refractivity contribution in [2.45, 2.75) is 41.7 Å². The first-order valence-electron chi connectivity index (χ1n) is 6.69. The summed E-state index contributed by atoms with van der Waals surface area (Å²) in [6, 6.07) is 4.23. The number of halogens is 1. The molecule has 1 N–H and O–H groups in total. The van der Waals surface area contributed by atoms with E-state index < -0.39 is 41.4 Å². The summed E-state index contributed by atoms with van der Waals surface area (Å²) in [5.74, 6) is -0.763. The fourth-order valence-electron chi connectivity index (χ4n) is 2.72. The first kappa shape index (κ1) is 17.0. The van der Waals surface area contributed by atoms with E-state index in [1.807, 2.05) is 0 Å². The molecule has 0 aromatic heterocycles. The second-order valence-electron chi connectivity index (χ2n) is 5.17. The molecule has 120 valence electrons. The van der Waals surface area contributed by atoms with Gasteiger partial charge in [0.15, 0.2) is 15.8 Å². The molecule has 0 aliphatic heterocycles. The third-order valence-corrected chi connectivity index (χ3v) is 7.09. The summed E-state index contributed by atoms with van der Waals surface area (Å²) in [5, 5.41) is -0.772. The summed E-state index contributed by atoms with van der Waals surface area (Å²) >= 11 is -2.53. The standard InChI is InChI=1S/C13H15FN2O4S2/c14-10-5-4-6-11(9-10)22(19,20)12(16-15)13(21(17)18)7-2-1-3-8-13/h4-6,9H,1-3,7-8H2,(H,17,18). The highest BCUT2D eigenvalue weighted by molar-refractivity contribution is 8.08. The van der Waals surface area contributed by atoms with E-state index in [0.29, 0.717) is 12.8 Å². The second-order valence-corrected chi connectivity index (χ2v) is 8.31. The molecule has 0 spiro atoms. The maximum absolute atomic E-state index is 13.3. The van der Waals surface area contributed by atoms with Crippen LogP contribution < -0.4 is 0 Å². The molecule has 0 radical (unpaired) electrons. The first-order valence-corrected chi connectivity index (χ1v) is 9.28. The molecule has 1 aromatic rings. The van der Waals surface area contributed by atoms with Gasteiger partial charge < -0.3 is 10.1 Å². The summed E-state index contributed by atoms with van der Waals surface area (Å²) in [5.41, 5.74) is 9.23. The molecule has 1 aromatic carbocycles. The minimum atomic E-state index is -4.37. The Hall–Kier alpha value is -1.41. The van der Waals surface area contributed by atoms with E-state index in [4.69, 9.17) is 0 Å². The van der Waals surface area contributed by atoms with E-state index in [2.05, 4.69) is 4.79 Å². The highest BCUT2D eigenvalue weighted by Crippen LogP contribution is 2.36. The normalized spacial score (nSPS) is 19.2. The first-order chi connectivity index (χ1) is 10.3. The quantitative estimate of drug-likeness (QED) is 0.297. The lowest BCUT2D eigenvalue weighted by Crippen LogP contribution is -2.48. The molecule has 22 heavy (non-hydrogen) atoms. The van der Waals surface area contributed by atoms with Crippen LogP contribution in [-0.4, -0.2) is 31.8 Å². The van der Waals surface area contributed by atoms with Gasteiger partial charge in [-0.15, -0.1) is 0 Å². The van der Waals surface area contributed by atoms with Crippen molar-refractivity contribution < 1.29 is 26.4 Å². The number of sulfone groups is 1. The van der Waals surface area contributed by atoms with E-state index in [1.165, 1.54) is 6.07 Å². The monoisotopic (exact) mass is 346 g/mol. The topological polar surface area (TPSA) is 108 Å². The lowest BCUT2D eigenvalue weighted by atomic mass is 9.89. The smallest absolute Gasteiger partial charge is 0.360 e. The zero-order chi connectivity index (χ0) is 16.4. The predicted molar refractivity (Wildman–Crippen MR) is 78.8 cm³/mol. The van der Waals surface area contributed by atoms with Crippen LogP contribution in [0.3, 0.4) is 0 Å². The van der Waals surface area contributed by atoms with Crippen molar-refractivity contribution >= 4 is 26.0 Å². The molecular formula is C13H15FN2O4S2. The Morgan fingerprint density at radius 3 is 2.45 bits per heavy atom. The number of rotatable bonds is 3. The molecule has 1 fully saturated rings. The number of nitrogens with zero attached hydrogens (tertiary/aromatic N) is 2. The molecule has 2 rings (SSSR count). The fourth-order valence-corrected chi connectivity index (χ4v) is 5.64. The van der Waals surface area contributed by atoms with Crippen molar-refractivity contribution in [2.24, 2.45) is 0 Å². The molecule has 9 heteroatoms. The molecule has 1 saturated carbocycles. The molecule has 1 unspecified atom stereocenters. The van der Waals surface area contributed by atoms with Gasteiger partial charge in [0.2, 0.25) is 0 Å². The van der Waals surface area contributed by atoms with Crippen molar-refractivity contribution in [3.63, 3.8) is 0 Å². The van der Waals surface area contributed by atoms with Crippen LogP contribution in [0.1, 0.15) is 32.1 Å².